The van der Waals surface area contributed by atoms with Gasteiger partial charge in [0.15, 0.2) is 0 Å². The maximum atomic E-state index is 12.9. The second-order valence-corrected chi connectivity index (χ2v) is 3.30. The van der Waals surface area contributed by atoms with E-state index in [1.165, 1.54) is 24.5 Å². The largest absolute Gasteiger partial charge is 0.420 e. The highest BCUT2D eigenvalue weighted by atomic mass is 19.4. The summed E-state index contributed by atoms with van der Waals surface area (Å²) in [6.07, 6.45) is -0.821. The van der Waals surface area contributed by atoms with Gasteiger partial charge in [0.25, 0.3) is 0 Å². The van der Waals surface area contributed by atoms with Crippen molar-refractivity contribution in [3.05, 3.63) is 48.3 Å². The van der Waals surface area contributed by atoms with Crippen LogP contribution in [0.5, 0.6) is 0 Å². The molecule has 0 aliphatic rings. The van der Waals surface area contributed by atoms with E-state index in [0.717, 1.165) is 12.3 Å². The SMILES string of the molecule is Fc1ncc(-c2ccncc2)cc1C(F)(F)F. The number of nitrogens with zero attached hydrogens (tertiary/aromatic N) is 2. The monoisotopic (exact) mass is 242 g/mol. The Morgan fingerprint density at radius 2 is 1.65 bits per heavy atom. The minimum Gasteiger partial charge on any atom is -0.265 e. The summed E-state index contributed by atoms with van der Waals surface area (Å²) in [5.74, 6) is -1.52. The number of halogens is 4. The van der Waals surface area contributed by atoms with Crippen molar-refractivity contribution in [1.82, 2.24) is 9.97 Å². The molecule has 2 aromatic heterocycles. The molecule has 17 heavy (non-hydrogen) atoms. The lowest BCUT2D eigenvalue weighted by molar-refractivity contribution is -0.140. The van der Waals surface area contributed by atoms with Crippen LogP contribution in [-0.4, -0.2) is 9.97 Å². The Morgan fingerprint density at radius 1 is 1.00 bits per heavy atom. The first kappa shape index (κ1) is 11.5. The zero-order valence-electron chi connectivity index (χ0n) is 8.37. The maximum absolute atomic E-state index is 12.9. The Balaban J connectivity index is 2.53. The second kappa shape index (κ2) is 4.12. The van der Waals surface area contributed by atoms with Gasteiger partial charge >= 0.3 is 6.18 Å². The summed E-state index contributed by atoms with van der Waals surface area (Å²) < 4.78 is 50.3. The Morgan fingerprint density at radius 3 is 2.24 bits per heavy atom. The first-order valence-corrected chi connectivity index (χ1v) is 4.61. The molecule has 0 saturated carbocycles. The van der Waals surface area contributed by atoms with Crippen molar-refractivity contribution >= 4 is 0 Å². The van der Waals surface area contributed by atoms with E-state index in [2.05, 4.69) is 9.97 Å². The van der Waals surface area contributed by atoms with Crippen molar-refractivity contribution < 1.29 is 17.6 Å². The van der Waals surface area contributed by atoms with Gasteiger partial charge in [0.05, 0.1) is 0 Å². The first-order valence-electron chi connectivity index (χ1n) is 4.61. The van der Waals surface area contributed by atoms with Crippen LogP contribution in [0.15, 0.2) is 36.8 Å². The third kappa shape index (κ3) is 2.41. The van der Waals surface area contributed by atoms with E-state index in [1.807, 2.05) is 0 Å². The van der Waals surface area contributed by atoms with E-state index in [0.29, 0.717) is 5.56 Å². The molecule has 0 atom stereocenters. The van der Waals surface area contributed by atoms with Gasteiger partial charge in [-0.3, -0.25) is 4.98 Å². The molecule has 2 aromatic rings. The predicted octanol–water partition coefficient (Wildman–Crippen LogP) is 3.30. The van der Waals surface area contributed by atoms with E-state index in [4.69, 9.17) is 0 Å². The summed E-state index contributed by atoms with van der Waals surface area (Å²) in [6.45, 7) is 0. The van der Waals surface area contributed by atoms with Gasteiger partial charge in [-0.25, -0.2) is 4.98 Å². The third-order valence-corrected chi connectivity index (χ3v) is 2.16. The fourth-order valence-electron chi connectivity index (χ4n) is 1.35. The van der Waals surface area contributed by atoms with Crippen LogP contribution in [0.2, 0.25) is 0 Å². The Kier molecular flexibility index (Phi) is 2.79. The molecule has 2 rings (SSSR count). The maximum Gasteiger partial charge on any atom is 0.420 e. The number of alkyl halides is 3. The van der Waals surface area contributed by atoms with Gasteiger partial charge in [-0.15, -0.1) is 0 Å². The van der Waals surface area contributed by atoms with Crippen molar-refractivity contribution in [2.45, 2.75) is 6.18 Å². The van der Waals surface area contributed by atoms with Gasteiger partial charge in [-0.05, 0) is 23.8 Å². The minimum absolute atomic E-state index is 0.195. The minimum atomic E-state index is -4.75. The summed E-state index contributed by atoms with van der Waals surface area (Å²) in [5.41, 5.74) is -0.675. The molecule has 88 valence electrons. The van der Waals surface area contributed by atoms with Crippen molar-refractivity contribution in [2.24, 2.45) is 0 Å². The highest BCUT2D eigenvalue weighted by molar-refractivity contribution is 5.62. The average molecular weight is 242 g/mol. The summed E-state index contributed by atoms with van der Waals surface area (Å²) in [5, 5.41) is 0. The second-order valence-electron chi connectivity index (χ2n) is 3.30. The van der Waals surface area contributed by atoms with Crippen LogP contribution in [0, 0.1) is 5.95 Å². The fourth-order valence-corrected chi connectivity index (χ4v) is 1.35. The fraction of sp³-hybridized carbons (Fsp3) is 0.0909. The van der Waals surface area contributed by atoms with Crippen LogP contribution in [0.25, 0.3) is 11.1 Å². The van der Waals surface area contributed by atoms with Crippen LogP contribution in [0.3, 0.4) is 0 Å². The molecule has 0 unspecified atom stereocenters. The number of aromatic nitrogens is 2. The summed E-state index contributed by atoms with van der Waals surface area (Å²) >= 11 is 0. The van der Waals surface area contributed by atoms with Crippen LogP contribution >= 0.6 is 0 Å². The predicted molar refractivity (Wildman–Crippen MR) is 52.4 cm³/mol. The van der Waals surface area contributed by atoms with Gasteiger partial charge in [-0.1, -0.05) is 0 Å². The van der Waals surface area contributed by atoms with Gasteiger partial charge < -0.3 is 0 Å². The molecule has 0 aliphatic carbocycles. The molecule has 0 aliphatic heterocycles. The van der Waals surface area contributed by atoms with Crippen molar-refractivity contribution in [2.75, 3.05) is 0 Å². The topological polar surface area (TPSA) is 25.8 Å². The average Bonchev–Trinajstić information content (AvgIpc) is 2.29. The Bertz CT molecular complexity index is 523. The molecule has 0 amide bonds. The van der Waals surface area contributed by atoms with E-state index in [-0.39, 0.29) is 5.56 Å². The smallest absolute Gasteiger partial charge is 0.265 e. The molecular weight excluding hydrogens is 236 g/mol. The molecule has 2 heterocycles. The lowest BCUT2D eigenvalue weighted by Crippen LogP contribution is -2.09. The summed E-state index contributed by atoms with van der Waals surface area (Å²) in [7, 11) is 0. The zero-order valence-corrected chi connectivity index (χ0v) is 8.37. The number of hydrogen-bond donors (Lipinski definition) is 0. The number of hydrogen-bond acceptors (Lipinski definition) is 2. The van der Waals surface area contributed by atoms with Crippen LogP contribution in [-0.2, 0) is 6.18 Å². The Hall–Kier alpha value is -1.98. The molecule has 0 spiro atoms. The van der Waals surface area contributed by atoms with Crippen molar-refractivity contribution in [1.29, 1.82) is 0 Å². The highest BCUT2D eigenvalue weighted by Crippen LogP contribution is 2.33. The molecule has 0 radical (unpaired) electrons. The molecule has 0 fully saturated rings. The molecule has 0 bridgehead atoms. The van der Waals surface area contributed by atoms with Crippen molar-refractivity contribution in [3.8, 4) is 11.1 Å². The van der Waals surface area contributed by atoms with Crippen LogP contribution < -0.4 is 0 Å². The van der Waals surface area contributed by atoms with Crippen molar-refractivity contribution in [3.63, 3.8) is 0 Å². The Labute approximate surface area is 94.0 Å². The zero-order chi connectivity index (χ0) is 12.5. The van der Waals surface area contributed by atoms with E-state index >= 15 is 0 Å². The van der Waals surface area contributed by atoms with E-state index in [1.54, 1.807) is 0 Å². The molecule has 0 saturated heterocycles. The van der Waals surface area contributed by atoms with Gasteiger partial charge in [0, 0.05) is 24.2 Å². The summed E-state index contributed by atoms with van der Waals surface area (Å²) in [6, 6.07) is 3.78. The number of pyridine rings is 2. The lowest BCUT2D eigenvalue weighted by atomic mass is 10.1. The quantitative estimate of drug-likeness (QED) is 0.566. The molecule has 6 heteroatoms. The van der Waals surface area contributed by atoms with E-state index < -0.39 is 17.7 Å². The van der Waals surface area contributed by atoms with Crippen LogP contribution in [0.4, 0.5) is 17.6 Å². The summed E-state index contributed by atoms with van der Waals surface area (Å²) in [4.78, 5) is 6.86. The normalized spacial score (nSPS) is 11.5. The third-order valence-electron chi connectivity index (χ3n) is 2.16. The standard InChI is InChI=1S/C11H6F4N2/c12-10-9(11(13,14)15)5-8(6-17-10)7-1-3-16-4-2-7/h1-6H. The van der Waals surface area contributed by atoms with Gasteiger partial charge in [-0.2, -0.15) is 17.6 Å². The van der Waals surface area contributed by atoms with Gasteiger partial charge in [0.1, 0.15) is 5.56 Å². The van der Waals surface area contributed by atoms with Crippen LogP contribution in [0.1, 0.15) is 5.56 Å². The first-order chi connectivity index (χ1) is 7.98. The van der Waals surface area contributed by atoms with Gasteiger partial charge in [0.2, 0.25) is 5.95 Å². The lowest BCUT2D eigenvalue weighted by Gasteiger charge is -2.09. The molecule has 0 N–H and O–H groups in total. The molecular formula is C11H6F4N2. The molecule has 0 aromatic carbocycles. The molecule has 2 nitrogen and oxygen atoms in total. The van der Waals surface area contributed by atoms with E-state index in [9.17, 15) is 17.6 Å². The number of rotatable bonds is 1. The highest BCUT2D eigenvalue weighted by Gasteiger charge is 2.35.